The monoisotopic (exact) mass is 471 g/mol. The van der Waals surface area contributed by atoms with Gasteiger partial charge in [-0.2, -0.15) is 5.26 Å². The number of rotatable bonds is 9. The normalized spacial score (nSPS) is 15.1. The van der Waals surface area contributed by atoms with Gasteiger partial charge in [-0.1, -0.05) is 6.07 Å². The van der Waals surface area contributed by atoms with Crippen molar-refractivity contribution in [3.8, 4) is 17.3 Å². The maximum absolute atomic E-state index is 11.8. The highest BCUT2D eigenvalue weighted by Gasteiger charge is 2.30. The maximum atomic E-state index is 11.8. The maximum Gasteiger partial charge on any atom is 0.240 e. The van der Waals surface area contributed by atoms with Gasteiger partial charge in [-0.05, 0) is 57.3 Å². The molecule has 1 amide bonds. The standard InChI is InChI=1S/C25H29N9O/c1-33(2)13-11-28-23-8-6-19(16-30-23)31-25-29-10-9-20(32-25)17-5-7-21(18(14-17)15-26)34-12-3-4-22(34)24(27)35/h5-10,14,16,22H,3-4,11-13H2,1-2H3,(H2,27,35)(H,28,30)(H,29,31,32)/t22-/m1/s1. The van der Waals surface area contributed by atoms with Crippen molar-refractivity contribution in [3.05, 3.63) is 54.4 Å². The van der Waals surface area contributed by atoms with Crippen molar-refractivity contribution >= 4 is 29.0 Å². The number of nitriles is 1. The quantitative estimate of drug-likeness (QED) is 0.430. The molecule has 4 rings (SSSR count). The van der Waals surface area contributed by atoms with Crippen LogP contribution in [0.2, 0.25) is 0 Å². The van der Waals surface area contributed by atoms with Gasteiger partial charge in [-0.15, -0.1) is 0 Å². The zero-order chi connectivity index (χ0) is 24.8. The highest BCUT2D eigenvalue weighted by atomic mass is 16.1. The molecular formula is C25H29N9O. The molecule has 1 fully saturated rings. The summed E-state index contributed by atoms with van der Waals surface area (Å²) in [6, 6.07) is 13.0. The van der Waals surface area contributed by atoms with Gasteiger partial charge >= 0.3 is 0 Å². The Morgan fingerprint density at radius 1 is 1.26 bits per heavy atom. The minimum Gasteiger partial charge on any atom is -0.369 e. The highest BCUT2D eigenvalue weighted by Crippen LogP contribution is 2.31. The molecule has 0 bridgehead atoms. The average molecular weight is 472 g/mol. The van der Waals surface area contributed by atoms with Crippen molar-refractivity contribution in [3.63, 3.8) is 0 Å². The van der Waals surface area contributed by atoms with Crippen LogP contribution in [0.4, 0.5) is 23.1 Å². The van der Waals surface area contributed by atoms with Crippen molar-refractivity contribution in [1.29, 1.82) is 5.26 Å². The molecule has 2 aromatic heterocycles. The third-order valence-corrected chi connectivity index (χ3v) is 5.84. The topological polar surface area (TPSA) is 136 Å². The van der Waals surface area contributed by atoms with E-state index in [9.17, 15) is 10.1 Å². The molecule has 0 spiro atoms. The van der Waals surface area contributed by atoms with Crippen LogP contribution in [0.25, 0.3) is 11.3 Å². The molecule has 1 aromatic carbocycles. The zero-order valence-electron chi connectivity index (χ0n) is 19.9. The average Bonchev–Trinajstić information content (AvgIpc) is 3.35. The van der Waals surface area contributed by atoms with Gasteiger partial charge < -0.3 is 26.2 Å². The minimum atomic E-state index is -0.383. The number of nitrogens with one attached hydrogen (secondary N) is 2. The summed E-state index contributed by atoms with van der Waals surface area (Å²) in [7, 11) is 4.05. The van der Waals surface area contributed by atoms with Crippen molar-refractivity contribution in [2.45, 2.75) is 18.9 Å². The summed E-state index contributed by atoms with van der Waals surface area (Å²) in [4.78, 5) is 29.2. The number of hydrogen-bond acceptors (Lipinski definition) is 9. The predicted molar refractivity (Wildman–Crippen MR) is 136 cm³/mol. The summed E-state index contributed by atoms with van der Waals surface area (Å²) < 4.78 is 0. The Kier molecular flexibility index (Phi) is 7.38. The van der Waals surface area contributed by atoms with Gasteiger partial charge in [0.2, 0.25) is 11.9 Å². The van der Waals surface area contributed by atoms with E-state index in [0.717, 1.165) is 42.3 Å². The number of pyridine rings is 1. The lowest BCUT2D eigenvalue weighted by Gasteiger charge is -2.25. The molecule has 1 saturated heterocycles. The summed E-state index contributed by atoms with van der Waals surface area (Å²) in [5.41, 5.74) is 8.98. The van der Waals surface area contributed by atoms with Gasteiger partial charge in [0.05, 0.1) is 28.8 Å². The Balaban J connectivity index is 1.49. The Morgan fingerprint density at radius 3 is 2.83 bits per heavy atom. The number of carbonyl (C=O) groups excluding carboxylic acids is 1. The predicted octanol–water partition coefficient (Wildman–Crippen LogP) is 2.58. The first-order valence-electron chi connectivity index (χ1n) is 11.5. The third-order valence-electron chi connectivity index (χ3n) is 5.84. The number of amides is 1. The number of carbonyl (C=O) groups is 1. The molecule has 0 radical (unpaired) electrons. The number of likely N-dealkylation sites (N-methyl/N-ethyl adjacent to an activating group) is 1. The van der Waals surface area contributed by atoms with Crippen LogP contribution in [-0.4, -0.2) is 65.5 Å². The second-order valence-electron chi connectivity index (χ2n) is 8.65. The van der Waals surface area contributed by atoms with Crippen molar-refractivity contribution in [2.24, 2.45) is 5.73 Å². The van der Waals surface area contributed by atoms with E-state index in [4.69, 9.17) is 5.73 Å². The molecule has 0 aliphatic carbocycles. The Hall–Kier alpha value is -4.23. The molecule has 0 saturated carbocycles. The molecule has 1 aliphatic rings. The lowest BCUT2D eigenvalue weighted by Crippen LogP contribution is -2.40. The van der Waals surface area contributed by atoms with E-state index >= 15 is 0 Å². The second-order valence-corrected chi connectivity index (χ2v) is 8.65. The number of nitrogens with zero attached hydrogens (tertiary/aromatic N) is 6. The highest BCUT2D eigenvalue weighted by molar-refractivity contribution is 5.85. The smallest absolute Gasteiger partial charge is 0.240 e. The first kappa shape index (κ1) is 23.9. The third kappa shape index (κ3) is 5.83. The Labute approximate surface area is 204 Å². The van der Waals surface area contributed by atoms with Crippen LogP contribution in [0.3, 0.4) is 0 Å². The van der Waals surface area contributed by atoms with Gasteiger partial charge in [0.25, 0.3) is 0 Å². The number of aromatic nitrogens is 3. The fourth-order valence-electron chi connectivity index (χ4n) is 4.07. The van der Waals surface area contributed by atoms with Crippen molar-refractivity contribution in [1.82, 2.24) is 19.9 Å². The lowest BCUT2D eigenvalue weighted by atomic mass is 10.0. The van der Waals surface area contributed by atoms with Crippen LogP contribution >= 0.6 is 0 Å². The minimum absolute atomic E-state index is 0.367. The van der Waals surface area contributed by atoms with Crippen molar-refractivity contribution in [2.75, 3.05) is 49.3 Å². The molecule has 4 N–H and O–H groups in total. The largest absolute Gasteiger partial charge is 0.369 e. The van der Waals surface area contributed by atoms with Gasteiger partial charge in [-0.3, -0.25) is 4.79 Å². The number of nitrogens with two attached hydrogens (primary N) is 1. The van der Waals surface area contributed by atoms with Crippen LogP contribution in [0.5, 0.6) is 0 Å². The fraction of sp³-hybridized carbons (Fsp3) is 0.320. The molecule has 180 valence electrons. The van der Waals surface area contributed by atoms with E-state index in [1.54, 1.807) is 24.5 Å². The first-order chi connectivity index (χ1) is 16.9. The van der Waals surface area contributed by atoms with Crippen LogP contribution in [0.1, 0.15) is 18.4 Å². The summed E-state index contributed by atoms with van der Waals surface area (Å²) in [5, 5.41) is 16.2. The van der Waals surface area contributed by atoms with Crippen molar-refractivity contribution < 1.29 is 4.79 Å². The van der Waals surface area contributed by atoms with E-state index in [1.807, 2.05) is 43.3 Å². The van der Waals surface area contributed by atoms with E-state index in [-0.39, 0.29) is 11.9 Å². The summed E-state index contributed by atoms with van der Waals surface area (Å²) >= 11 is 0. The number of hydrogen-bond donors (Lipinski definition) is 3. The van der Waals surface area contributed by atoms with E-state index in [1.165, 1.54) is 0 Å². The van der Waals surface area contributed by atoms with Gasteiger partial charge in [0.1, 0.15) is 17.9 Å². The second kappa shape index (κ2) is 10.8. The number of benzene rings is 1. The van der Waals surface area contributed by atoms with Gasteiger partial charge in [0.15, 0.2) is 0 Å². The summed E-state index contributed by atoms with van der Waals surface area (Å²) in [5.74, 6) is 0.857. The zero-order valence-corrected chi connectivity index (χ0v) is 19.9. The van der Waals surface area contributed by atoms with Crippen LogP contribution in [0.15, 0.2) is 48.8 Å². The molecule has 35 heavy (non-hydrogen) atoms. The molecular weight excluding hydrogens is 442 g/mol. The number of anilines is 4. The summed E-state index contributed by atoms with van der Waals surface area (Å²) in [6.45, 7) is 2.42. The van der Waals surface area contributed by atoms with Gasteiger partial charge in [-0.25, -0.2) is 15.0 Å². The Morgan fingerprint density at radius 2 is 2.11 bits per heavy atom. The van der Waals surface area contributed by atoms with E-state index < -0.39 is 0 Å². The summed E-state index contributed by atoms with van der Waals surface area (Å²) in [6.07, 6.45) is 4.95. The Bertz CT molecular complexity index is 1220. The molecule has 1 aliphatic heterocycles. The van der Waals surface area contributed by atoms with Crippen LogP contribution in [-0.2, 0) is 4.79 Å². The molecule has 1 atom stereocenters. The fourth-order valence-corrected chi connectivity index (χ4v) is 4.07. The molecule has 0 unspecified atom stereocenters. The van der Waals surface area contributed by atoms with E-state index in [0.29, 0.717) is 30.2 Å². The van der Waals surface area contributed by atoms with Gasteiger partial charge in [0, 0.05) is 31.4 Å². The SMILES string of the molecule is CN(C)CCNc1ccc(Nc2nccc(-c3ccc(N4CCC[C@@H]4C(N)=O)c(C#N)c3)n2)cn1. The molecule has 10 heteroatoms. The number of primary amides is 1. The van der Waals surface area contributed by atoms with Crippen LogP contribution < -0.4 is 21.3 Å². The molecule has 10 nitrogen and oxygen atoms in total. The lowest BCUT2D eigenvalue weighted by molar-refractivity contribution is -0.119. The first-order valence-corrected chi connectivity index (χ1v) is 11.5. The van der Waals surface area contributed by atoms with E-state index in [2.05, 4.69) is 36.6 Å². The molecule has 3 heterocycles. The van der Waals surface area contributed by atoms with Crippen LogP contribution in [0, 0.1) is 11.3 Å². The molecule has 3 aromatic rings.